The smallest absolute Gasteiger partial charge is 0.354 e. The second-order valence-electron chi connectivity index (χ2n) is 4.22. The van der Waals surface area contributed by atoms with Crippen LogP contribution in [0, 0.1) is 13.8 Å². The van der Waals surface area contributed by atoms with E-state index >= 15 is 0 Å². The Morgan fingerprint density at radius 2 is 1.94 bits per heavy atom. The van der Waals surface area contributed by atoms with Crippen LogP contribution in [0.25, 0.3) is 0 Å². The van der Waals surface area contributed by atoms with Gasteiger partial charge in [-0.2, -0.15) is 0 Å². The van der Waals surface area contributed by atoms with Crippen LogP contribution in [0.1, 0.15) is 33.1 Å². The van der Waals surface area contributed by atoms with E-state index in [1.165, 1.54) is 6.07 Å². The predicted molar refractivity (Wildman–Crippen MR) is 67.7 cm³/mol. The fourth-order valence-corrected chi connectivity index (χ4v) is 1.80. The van der Waals surface area contributed by atoms with Crippen molar-refractivity contribution in [3.05, 3.63) is 58.7 Å². The summed E-state index contributed by atoms with van der Waals surface area (Å²) in [5.41, 5.74) is 2.98. The molecule has 0 amide bonds. The van der Waals surface area contributed by atoms with Gasteiger partial charge in [0.05, 0.1) is 0 Å². The summed E-state index contributed by atoms with van der Waals surface area (Å²) in [4.78, 5) is 19.3. The summed E-state index contributed by atoms with van der Waals surface area (Å²) in [6, 6.07) is 9.42. The van der Waals surface area contributed by atoms with E-state index in [4.69, 9.17) is 5.11 Å². The van der Waals surface area contributed by atoms with Crippen molar-refractivity contribution in [2.45, 2.75) is 20.3 Å². The number of carbonyl (C=O) groups is 1. The molecule has 0 atom stereocenters. The lowest BCUT2D eigenvalue weighted by Gasteiger charge is -2.06. The van der Waals surface area contributed by atoms with E-state index in [1.807, 2.05) is 31.2 Å². The van der Waals surface area contributed by atoms with Crippen LogP contribution < -0.4 is 0 Å². The Bertz CT molecular complexity index is 594. The molecular formula is C14H14N2O2. The summed E-state index contributed by atoms with van der Waals surface area (Å²) < 4.78 is 0. The number of aryl methyl sites for hydroxylation is 2. The van der Waals surface area contributed by atoms with Crippen LogP contribution >= 0.6 is 0 Å². The molecule has 0 aliphatic rings. The number of nitrogens with zero attached hydrogens (tertiary/aromatic N) is 2. The molecule has 4 heteroatoms. The molecule has 0 saturated carbocycles. The quantitative estimate of drug-likeness (QED) is 0.897. The maximum atomic E-state index is 10.9. The minimum absolute atomic E-state index is 0.0473. The molecule has 4 nitrogen and oxygen atoms in total. The van der Waals surface area contributed by atoms with Crippen molar-refractivity contribution < 1.29 is 9.90 Å². The standard InChI is InChI=1S/C14H14N2O2/c1-9-5-3-4-6-11(9)8-13-15-10(2)7-12(16-13)14(17)18/h3-7H,8H2,1-2H3,(H,17,18). The highest BCUT2D eigenvalue weighted by molar-refractivity contribution is 5.85. The van der Waals surface area contributed by atoms with Gasteiger partial charge in [-0.1, -0.05) is 24.3 Å². The molecule has 0 aliphatic heterocycles. The van der Waals surface area contributed by atoms with Gasteiger partial charge in [0.1, 0.15) is 5.82 Å². The highest BCUT2D eigenvalue weighted by Gasteiger charge is 2.09. The highest BCUT2D eigenvalue weighted by Crippen LogP contribution is 2.12. The van der Waals surface area contributed by atoms with Crippen LogP contribution in [-0.2, 0) is 6.42 Å². The van der Waals surface area contributed by atoms with Crippen LogP contribution in [0.4, 0.5) is 0 Å². The van der Waals surface area contributed by atoms with Crippen molar-refractivity contribution >= 4 is 5.97 Å². The number of rotatable bonds is 3. The number of aromatic carboxylic acids is 1. The second kappa shape index (κ2) is 4.96. The van der Waals surface area contributed by atoms with Gasteiger partial charge < -0.3 is 5.11 Å². The van der Waals surface area contributed by atoms with Crippen molar-refractivity contribution in [1.82, 2.24) is 9.97 Å². The van der Waals surface area contributed by atoms with Gasteiger partial charge in [-0.3, -0.25) is 0 Å². The minimum atomic E-state index is -1.02. The third kappa shape index (κ3) is 2.71. The monoisotopic (exact) mass is 242 g/mol. The number of hydrogen-bond donors (Lipinski definition) is 1. The molecule has 2 rings (SSSR count). The topological polar surface area (TPSA) is 63.1 Å². The third-order valence-electron chi connectivity index (χ3n) is 2.73. The molecule has 2 aromatic rings. The van der Waals surface area contributed by atoms with Crippen molar-refractivity contribution in [1.29, 1.82) is 0 Å². The zero-order chi connectivity index (χ0) is 13.1. The highest BCUT2D eigenvalue weighted by atomic mass is 16.4. The number of carboxylic acid groups (broad SMARTS) is 1. The van der Waals surface area contributed by atoms with Crippen LogP contribution in [0.5, 0.6) is 0 Å². The van der Waals surface area contributed by atoms with Gasteiger partial charge in [0.15, 0.2) is 5.69 Å². The van der Waals surface area contributed by atoms with Gasteiger partial charge in [-0.05, 0) is 31.0 Å². The summed E-state index contributed by atoms with van der Waals surface area (Å²) in [7, 11) is 0. The van der Waals surface area contributed by atoms with E-state index in [0.717, 1.165) is 11.1 Å². The fraction of sp³-hybridized carbons (Fsp3) is 0.214. The molecule has 0 aliphatic carbocycles. The second-order valence-corrected chi connectivity index (χ2v) is 4.22. The SMILES string of the molecule is Cc1cc(C(=O)O)nc(Cc2ccccc2C)n1. The molecule has 0 spiro atoms. The van der Waals surface area contributed by atoms with Gasteiger partial charge in [0.2, 0.25) is 0 Å². The normalized spacial score (nSPS) is 10.3. The average molecular weight is 242 g/mol. The van der Waals surface area contributed by atoms with Gasteiger partial charge in [-0.15, -0.1) is 0 Å². The Labute approximate surface area is 105 Å². The molecule has 0 radical (unpaired) electrons. The van der Waals surface area contributed by atoms with Gasteiger partial charge in [0.25, 0.3) is 0 Å². The van der Waals surface area contributed by atoms with Crippen LogP contribution in [0.2, 0.25) is 0 Å². The van der Waals surface area contributed by atoms with Gasteiger partial charge in [-0.25, -0.2) is 14.8 Å². The van der Waals surface area contributed by atoms with Crippen molar-refractivity contribution in [2.75, 3.05) is 0 Å². The first-order valence-corrected chi connectivity index (χ1v) is 5.68. The average Bonchev–Trinajstić information content (AvgIpc) is 2.31. The van der Waals surface area contributed by atoms with E-state index in [1.54, 1.807) is 6.92 Å². The lowest BCUT2D eigenvalue weighted by molar-refractivity contribution is 0.0689. The zero-order valence-electron chi connectivity index (χ0n) is 10.3. The molecule has 18 heavy (non-hydrogen) atoms. The molecule has 0 bridgehead atoms. The maximum absolute atomic E-state index is 10.9. The van der Waals surface area contributed by atoms with E-state index < -0.39 is 5.97 Å². The first-order valence-electron chi connectivity index (χ1n) is 5.68. The molecule has 1 aromatic carbocycles. The predicted octanol–water partition coefficient (Wildman–Crippen LogP) is 2.38. The maximum Gasteiger partial charge on any atom is 0.354 e. The number of benzene rings is 1. The first-order chi connectivity index (χ1) is 8.56. The van der Waals surface area contributed by atoms with E-state index in [9.17, 15) is 4.79 Å². The summed E-state index contributed by atoms with van der Waals surface area (Å²) in [6.07, 6.45) is 0.550. The van der Waals surface area contributed by atoms with Crippen LogP contribution in [0.15, 0.2) is 30.3 Å². The van der Waals surface area contributed by atoms with Crippen molar-refractivity contribution in [3.8, 4) is 0 Å². The summed E-state index contributed by atoms with van der Waals surface area (Å²) in [5, 5.41) is 8.96. The lowest BCUT2D eigenvalue weighted by atomic mass is 10.1. The molecule has 0 fully saturated rings. The fourth-order valence-electron chi connectivity index (χ4n) is 1.80. The van der Waals surface area contributed by atoms with Gasteiger partial charge >= 0.3 is 5.97 Å². The Morgan fingerprint density at radius 1 is 1.22 bits per heavy atom. The van der Waals surface area contributed by atoms with Crippen molar-refractivity contribution in [2.24, 2.45) is 0 Å². The van der Waals surface area contributed by atoms with Gasteiger partial charge in [0, 0.05) is 12.1 Å². The zero-order valence-corrected chi connectivity index (χ0v) is 10.3. The summed E-state index contributed by atoms with van der Waals surface area (Å²) in [5.74, 6) is -0.478. The molecule has 92 valence electrons. The Morgan fingerprint density at radius 3 is 2.61 bits per heavy atom. The van der Waals surface area contributed by atoms with Crippen LogP contribution in [0.3, 0.4) is 0 Å². The van der Waals surface area contributed by atoms with E-state index in [-0.39, 0.29) is 5.69 Å². The Hall–Kier alpha value is -2.23. The van der Waals surface area contributed by atoms with E-state index in [0.29, 0.717) is 17.9 Å². The van der Waals surface area contributed by atoms with Crippen molar-refractivity contribution in [3.63, 3.8) is 0 Å². The molecule has 0 unspecified atom stereocenters. The van der Waals surface area contributed by atoms with Crippen LogP contribution in [-0.4, -0.2) is 21.0 Å². The lowest BCUT2D eigenvalue weighted by Crippen LogP contribution is -2.07. The largest absolute Gasteiger partial charge is 0.477 e. The number of hydrogen-bond acceptors (Lipinski definition) is 3. The number of carboxylic acids is 1. The number of aromatic nitrogens is 2. The first kappa shape index (κ1) is 12.2. The Balaban J connectivity index is 2.35. The van der Waals surface area contributed by atoms with E-state index in [2.05, 4.69) is 9.97 Å². The summed E-state index contributed by atoms with van der Waals surface area (Å²) >= 11 is 0. The minimum Gasteiger partial charge on any atom is -0.477 e. The molecule has 1 heterocycles. The molecule has 0 saturated heterocycles. The Kier molecular flexibility index (Phi) is 3.37. The third-order valence-corrected chi connectivity index (χ3v) is 2.73. The molecular weight excluding hydrogens is 228 g/mol. The molecule has 1 aromatic heterocycles. The summed E-state index contributed by atoms with van der Waals surface area (Å²) in [6.45, 7) is 3.79. The molecule has 1 N–H and O–H groups in total.